The lowest BCUT2D eigenvalue weighted by Crippen LogP contribution is -2.38. The third-order valence-corrected chi connectivity index (χ3v) is 6.62. The molecule has 0 aliphatic carbocycles. The molecule has 23 heavy (non-hydrogen) atoms. The normalized spacial score (nSPS) is 19.7. The number of hydrogen-bond acceptors (Lipinski definition) is 6. The van der Waals surface area contributed by atoms with Crippen molar-refractivity contribution in [2.45, 2.75) is 44.3 Å². The molecule has 1 unspecified atom stereocenters. The quantitative estimate of drug-likeness (QED) is 0.585. The Morgan fingerprint density at radius 2 is 1.91 bits per heavy atom. The van der Waals surface area contributed by atoms with E-state index in [0.29, 0.717) is 19.3 Å². The lowest BCUT2D eigenvalue weighted by molar-refractivity contribution is -0.131. The molecule has 1 aliphatic heterocycles. The van der Waals surface area contributed by atoms with Gasteiger partial charge in [0.05, 0.1) is 11.5 Å². The van der Waals surface area contributed by atoms with E-state index in [4.69, 9.17) is 0 Å². The summed E-state index contributed by atoms with van der Waals surface area (Å²) >= 11 is 1.50. The summed E-state index contributed by atoms with van der Waals surface area (Å²) in [5.74, 6) is 0.232. The number of carbonyl (C=O) groups is 1. The zero-order valence-corrected chi connectivity index (χ0v) is 15.6. The average Bonchev–Trinajstić information content (AvgIpc) is 2.85. The van der Waals surface area contributed by atoms with Gasteiger partial charge in [0.1, 0.15) is 0 Å². The number of hydrogen-bond donors (Lipinski definition) is 0. The maximum absolute atomic E-state index is 12.3. The Balaban J connectivity index is 1.99. The lowest BCUT2D eigenvalue weighted by atomic mass is 10.1. The van der Waals surface area contributed by atoms with Gasteiger partial charge >= 0.3 is 0 Å². The van der Waals surface area contributed by atoms with Crippen LogP contribution in [0.1, 0.15) is 29.8 Å². The molecule has 0 saturated carbocycles. The molecule has 0 N–H and O–H groups in total. The van der Waals surface area contributed by atoms with Crippen LogP contribution in [-0.2, 0) is 21.1 Å². The standard InChI is InChI=1S/C15H23N3O3S2/c1-10-13(11(2)17-15(16-10)22-4)5-6-14(19)18(3)12-7-8-23(20,21)9-12/h12H,5-9H2,1-4H3. The fourth-order valence-corrected chi connectivity index (χ4v) is 5.09. The maximum Gasteiger partial charge on any atom is 0.222 e. The summed E-state index contributed by atoms with van der Waals surface area (Å²) in [7, 11) is -1.28. The van der Waals surface area contributed by atoms with Gasteiger partial charge in [-0.3, -0.25) is 4.79 Å². The van der Waals surface area contributed by atoms with Crippen LogP contribution in [0.5, 0.6) is 0 Å². The predicted octanol–water partition coefficient (Wildman–Crippen LogP) is 1.39. The van der Waals surface area contributed by atoms with Crippen molar-refractivity contribution < 1.29 is 13.2 Å². The van der Waals surface area contributed by atoms with Crippen LogP contribution in [0.4, 0.5) is 0 Å². The second-order valence-corrected chi connectivity index (χ2v) is 8.92. The molecule has 1 aromatic rings. The van der Waals surface area contributed by atoms with Crippen LogP contribution in [0.2, 0.25) is 0 Å². The minimum atomic E-state index is -2.98. The van der Waals surface area contributed by atoms with Gasteiger partial charge in [-0.25, -0.2) is 18.4 Å². The van der Waals surface area contributed by atoms with Crippen molar-refractivity contribution in [1.29, 1.82) is 0 Å². The van der Waals surface area contributed by atoms with Gasteiger partial charge in [0.25, 0.3) is 0 Å². The molecule has 0 bridgehead atoms. The summed E-state index contributed by atoms with van der Waals surface area (Å²) in [6.45, 7) is 3.86. The second-order valence-electron chi connectivity index (χ2n) is 5.92. The van der Waals surface area contributed by atoms with Crippen LogP contribution >= 0.6 is 11.8 Å². The van der Waals surface area contributed by atoms with Crippen LogP contribution in [0.15, 0.2) is 5.16 Å². The largest absolute Gasteiger partial charge is 0.342 e. The molecule has 1 saturated heterocycles. The van der Waals surface area contributed by atoms with E-state index in [9.17, 15) is 13.2 Å². The maximum atomic E-state index is 12.3. The van der Waals surface area contributed by atoms with Gasteiger partial charge < -0.3 is 4.90 Å². The molecule has 2 rings (SSSR count). The highest BCUT2D eigenvalue weighted by molar-refractivity contribution is 7.98. The van der Waals surface area contributed by atoms with E-state index in [1.165, 1.54) is 11.8 Å². The Kier molecular flexibility index (Phi) is 5.67. The smallest absolute Gasteiger partial charge is 0.222 e. The zero-order chi connectivity index (χ0) is 17.2. The highest BCUT2D eigenvalue weighted by Crippen LogP contribution is 2.20. The number of rotatable bonds is 5. The van der Waals surface area contributed by atoms with Crippen molar-refractivity contribution in [2.24, 2.45) is 0 Å². The van der Waals surface area contributed by atoms with Gasteiger partial charge in [0.2, 0.25) is 5.91 Å². The summed E-state index contributed by atoms with van der Waals surface area (Å²) in [5, 5.41) is 0.739. The van der Waals surface area contributed by atoms with Crippen molar-refractivity contribution in [3.05, 3.63) is 17.0 Å². The number of nitrogens with zero attached hydrogens (tertiary/aromatic N) is 3. The molecule has 0 spiro atoms. The van der Waals surface area contributed by atoms with E-state index in [0.717, 1.165) is 22.1 Å². The van der Waals surface area contributed by atoms with E-state index in [2.05, 4.69) is 9.97 Å². The first kappa shape index (κ1) is 18.2. The summed E-state index contributed by atoms with van der Waals surface area (Å²) in [4.78, 5) is 22.8. The first-order valence-corrected chi connectivity index (χ1v) is 10.6. The molecule has 8 heteroatoms. The fraction of sp³-hybridized carbons (Fsp3) is 0.667. The number of carbonyl (C=O) groups excluding carboxylic acids is 1. The zero-order valence-electron chi connectivity index (χ0n) is 14.0. The Labute approximate surface area is 142 Å². The summed E-state index contributed by atoms with van der Waals surface area (Å²) in [6, 6.07) is -0.190. The SMILES string of the molecule is CSc1nc(C)c(CCC(=O)N(C)C2CCS(=O)(=O)C2)c(C)n1. The average molecular weight is 358 g/mol. The van der Waals surface area contributed by atoms with Gasteiger partial charge in [-0.15, -0.1) is 0 Å². The minimum Gasteiger partial charge on any atom is -0.342 e. The van der Waals surface area contributed by atoms with E-state index < -0.39 is 9.84 Å². The molecule has 128 valence electrons. The van der Waals surface area contributed by atoms with Gasteiger partial charge in [0.15, 0.2) is 15.0 Å². The van der Waals surface area contributed by atoms with Crippen molar-refractivity contribution in [3.63, 3.8) is 0 Å². The van der Waals surface area contributed by atoms with E-state index >= 15 is 0 Å². The monoisotopic (exact) mass is 357 g/mol. The number of amides is 1. The third kappa shape index (κ3) is 4.44. The minimum absolute atomic E-state index is 0.0279. The van der Waals surface area contributed by atoms with Gasteiger partial charge in [-0.2, -0.15) is 0 Å². The molecule has 1 atom stereocenters. The van der Waals surface area contributed by atoms with Crippen LogP contribution in [0, 0.1) is 13.8 Å². The van der Waals surface area contributed by atoms with Crippen molar-refractivity contribution in [3.8, 4) is 0 Å². The van der Waals surface area contributed by atoms with Crippen LogP contribution < -0.4 is 0 Å². The van der Waals surface area contributed by atoms with E-state index in [1.54, 1.807) is 11.9 Å². The van der Waals surface area contributed by atoms with Crippen molar-refractivity contribution in [1.82, 2.24) is 14.9 Å². The van der Waals surface area contributed by atoms with Crippen LogP contribution in [0.25, 0.3) is 0 Å². The Morgan fingerprint density at radius 3 is 2.39 bits per heavy atom. The first-order valence-electron chi connectivity index (χ1n) is 7.57. The van der Waals surface area contributed by atoms with Crippen molar-refractivity contribution in [2.75, 3.05) is 24.8 Å². The molecule has 1 aromatic heterocycles. The molecule has 1 aliphatic rings. The summed E-state index contributed by atoms with van der Waals surface area (Å²) < 4.78 is 23.1. The number of thioether (sulfide) groups is 1. The van der Waals surface area contributed by atoms with Gasteiger partial charge in [0, 0.05) is 30.9 Å². The topological polar surface area (TPSA) is 80.2 Å². The molecule has 2 heterocycles. The van der Waals surface area contributed by atoms with E-state index in [-0.39, 0.29) is 23.5 Å². The molecule has 1 fully saturated rings. The summed E-state index contributed by atoms with van der Waals surface area (Å²) in [5.41, 5.74) is 2.81. The highest BCUT2D eigenvalue weighted by atomic mass is 32.2. The van der Waals surface area contributed by atoms with Gasteiger partial charge in [-0.1, -0.05) is 11.8 Å². The number of sulfone groups is 1. The third-order valence-electron chi connectivity index (χ3n) is 4.32. The highest BCUT2D eigenvalue weighted by Gasteiger charge is 2.32. The van der Waals surface area contributed by atoms with Crippen LogP contribution in [-0.4, -0.2) is 60.0 Å². The summed E-state index contributed by atoms with van der Waals surface area (Å²) in [6.07, 6.45) is 3.39. The molecular weight excluding hydrogens is 334 g/mol. The Hall–Kier alpha value is -1.15. The predicted molar refractivity (Wildman–Crippen MR) is 91.4 cm³/mol. The number of aryl methyl sites for hydroxylation is 2. The Bertz CT molecular complexity index is 681. The molecular formula is C15H23N3O3S2. The lowest BCUT2D eigenvalue weighted by Gasteiger charge is -2.23. The molecule has 0 aromatic carbocycles. The molecule has 0 radical (unpaired) electrons. The Morgan fingerprint density at radius 1 is 1.30 bits per heavy atom. The first-order chi connectivity index (χ1) is 10.7. The van der Waals surface area contributed by atoms with E-state index in [1.807, 2.05) is 20.1 Å². The van der Waals surface area contributed by atoms with Crippen molar-refractivity contribution >= 4 is 27.5 Å². The van der Waals surface area contributed by atoms with Crippen LogP contribution in [0.3, 0.4) is 0 Å². The number of aromatic nitrogens is 2. The van der Waals surface area contributed by atoms with Gasteiger partial charge in [-0.05, 0) is 38.5 Å². The molecule has 1 amide bonds. The fourth-order valence-electron chi connectivity index (χ4n) is 2.85. The second kappa shape index (κ2) is 7.17. The molecule has 6 nitrogen and oxygen atoms in total.